The molecule has 1 heteroatoms. The third-order valence-electron chi connectivity index (χ3n) is 6.52. The highest BCUT2D eigenvalue weighted by Crippen LogP contribution is 2.27. The molecule has 0 bridgehead atoms. The molecule has 1 aliphatic heterocycles. The van der Waals surface area contributed by atoms with Gasteiger partial charge in [0.05, 0.1) is 0 Å². The fourth-order valence-electron chi connectivity index (χ4n) is 4.85. The van der Waals surface area contributed by atoms with Crippen LogP contribution in [0.1, 0.15) is 87.1 Å². The van der Waals surface area contributed by atoms with Crippen LogP contribution in [0, 0.1) is 0 Å². The van der Waals surface area contributed by atoms with Gasteiger partial charge in [-0.25, -0.2) is 0 Å². The van der Waals surface area contributed by atoms with E-state index in [0.29, 0.717) is 17.8 Å². The van der Waals surface area contributed by atoms with Gasteiger partial charge < -0.3 is 0 Å². The van der Waals surface area contributed by atoms with Gasteiger partial charge in [-0.3, -0.25) is 0 Å². The van der Waals surface area contributed by atoms with E-state index in [9.17, 15) is 0 Å². The summed E-state index contributed by atoms with van der Waals surface area (Å²) in [5.41, 5.74) is 11.5. The van der Waals surface area contributed by atoms with Crippen molar-refractivity contribution >= 4 is 35.3 Å². The molecule has 152 valence electrons. The van der Waals surface area contributed by atoms with Crippen molar-refractivity contribution in [1.29, 1.82) is 0 Å². The van der Waals surface area contributed by atoms with E-state index in [4.69, 9.17) is 0 Å². The van der Waals surface area contributed by atoms with Crippen LogP contribution in [0.4, 0.5) is 0 Å². The molecule has 0 unspecified atom stereocenters. The Kier molecular flexibility index (Phi) is 5.74. The molecule has 0 radical (unpaired) electrons. The highest BCUT2D eigenvalue weighted by atomic mass is 14.2. The molecule has 0 fully saturated rings. The summed E-state index contributed by atoms with van der Waals surface area (Å²) in [7, 11) is 0. The van der Waals surface area contributed by atoms with Gasteiger partial charge in [0.1, 0.15) is 0 Å². The molecule has 3 aromatic rings. The Balaban J connectivity index is 2.11. The molecule has 30 heavy (non-hydrogen) atoms. The third kappa shape index (κ3) is 3.67. The van der Waals surface area contributed by atoms with Crippen LogP contribution in [-0.2, 0) is 0 Å². The van der Waals surface area contributed by atoms with Crippen LogP contribution in [0.2, 0.25) is 0 Å². The molecular formula is C29H33B. The number of benzene rings is 3. The summed E-state index contributed by atoms with van der Waals surface area (Å²) in [5, 5.41) is 0. The highest BCUT2D eigenvalue weighted by Gasteiger charge is 2.32. The second-order valence-corrected chi connectivity index (χ2v) is 9.60. The van der Waals surface area contributed by atoms with Gasteiger partial charge in [0.2, 0.25) is 6.71 Å². The van der Waals surface area contributed by atoms with Crippen molar-refractivity contribution in [2.45, 2.75) is 59.3 Å². The van der Waals surface area contributed by atoms with E-state index in [1.807, 2.05) is 0 Å². The summed E-state index contributed by atoms with van der Waals surface area (Å²) in [5.74, 6) is 1.49. The summed E-state index contributed by atoms with van der Waals surface area (Å²) in [6.45, 7) is 14.3. The van der Waals surface area contributed by atoms with E-state index in [1.54, 1.807) is 0 Å². The molecule has 0 aliphatic carbocycles. The Labute approximate surface area is 183 Å². The molecule has 3 aromatic carbocycles. The number of rotatable bonds is 4. The van der Waals surface area contributed by atoms with Gasteiger partial charge in [0, 0.05) is 0 Å². The molecule has 0 N–H and O–H groups in total. The Morgan fingerprint density at radius 1 is 0.567 bits per heavy atom. The number of hydrogen-bond donors (Lipinski definition) is 0. The van der Waals surface area contributed by atoms with Gasteiger partial charge in [0.25, 0.3) is 0 Å². The van der Waals surface area contributed by atoms with Crippen molar-refractivity contribution in [2.24, 2.45) is 0 Å². The Bertz CT molecular complexity index is 1010. The smallest absolute Gasteiger partial charge is 0.0664 e. The summed E-state index contributed by atoms with van der Waals surface area (Å²) in [6.07, 6.45) is 4.58. The van der Waals surface area contributed by atoms with Crippen molar-refractivity contribution < 1.29 is 0 Å². The maximum Gasteiger partial charge on any atom is 0.243 e. The minimum Gasteiger partial charge on any atom is -0.0664 e. The van der Waals surface area contributed by atoms with Crippen molar-refractivity contribution in [3.05, 3.63) is 88.5 Å². The van der Waals surface area contributed by atoms with Gasteiger partial charge in [-0.2, -0.15) is 0 Å². The van der Waals surface area contributed by atoms with E-state index in [1.165, 1.54) is 44.2 Å². The van der Waals surface area contributed by atoms with Crippen molar-refractivity contribution in [2.75, 3.05) is 0 Å². The summed E-state index contributed by atoms with van der Waals surface area (Å²) < 4.78 is 0. The maximum absolute atomic E-state index is 2.49. The lowest BCUT2D eigenvalue weighted by Crippen LogP contribution is -2.56. The van der Waals surface area contributed by atoms with Crippen LogP contribution in [0.25, 0.3) is 12.2 Å². The van der Waals surface area contributed by atoms with Crippen LogP contribution in [0.5, 0.6) is 0 Å². The second kappa shape index (κ2) is 8.30. The van der Waals surface area contributed by atoms with E-state index in [0.717, 1.165) is 0 Å². The first-order chi connectivity index (χ1) is 14.4. The van der Waals surface area contributed by atoms with Crippen LogP contribution in [-0.4, -0.2) is 6.71 Å². The second-order valence-electron chi connectivity index (χ2n) is 9.60. The van der Waals surface area contributed by atoms with Crippen LogP contribution >= 0.6 is 0 Å². The lowest BCUT2D eigenvalue weighted by atomic mass is 9.34. The van der Waals surface area contributed by atoms with Gasteiger partial charge >= 0.3 is 0 Å². The normalized spacial score (nSPS) is 13.0. The average Bonchev–Trinajstić information content (AvgIpc) is 2.89. The third-order valence-corrected chi connectivity index (χ3v) is 6.52. The van der Waals surface area contributed by atoms with Crippen LogP contribution in [0.3, 0.4) is 0 Å². The van der Waals surface area contributed by atoms with Gasteiger partial charge in [-0.1, -0.05) is 131 Å². The van der Waals surface area contributed by atoms with E-state index in [2.05, 4.69) is 114 Å². The van der Waals surface area contributed by atoms with E-state index in [-0.39, 0.29) is 6.71 Å². The van der Waals surface area contributed by atoms with Gasteiger partial charge in [0.15, 0.2) is 0 Å². The predicted octanol–water partition coefficient (Wildman–Crippen LogP) is 6.06. The summed E-state index contributed by atoms with van der Waals surface area (Å²) in [4.78, 5) is 0. The zero-order chi connectivity index (χ0) is 21.4. The molecular weight excluding hydrogens is 359 g/mol. The maximum atomic E-state index is 2.49. The van der Waals surface area contributed by atoms with Crippen molar-refractivity contribution in [1.82, 2.24) is 0 Å². The molecule has 1 aliphatic rings. The molecule has 0 aromatic heterocycles. The standard InChI is InChI=1S/C29H33B/c1-19(2)24-17-25(20(3)4)29(26(18-24)21(5)6)30-27-13-9-7-11-22(27)15-16-23-12-8-10-14-28(23)30/h7-21H,1-6H3. The lowest BCUT2D eigenvalue weighted by Gasteiger charge is -2.28. The number of hydrogen-bond acceptors (Lipinski definition) is 0. The summed E-state index contributed by atoms with van der Waals surface area (Å²) >= 11 is 0. The van der Waals surface area contributed by atoms with E-state index >= 15 is 0 Å². The van der Waals surface area contributed by atoms with Gasteiger partial charge in [-0.15, -0.1) is 0 Å². The SMILES string of the molecule is CC(C)c1cc(C(C)C)c(B2c3ccccc3C=Cc3ccccc32)c(C(C)C)c1. The Morgan fingerprint density at radius 3 is 1.40 bits per heavy atom. The first-order valence-corrected chi connectivity index (χ1v) is 11.4. The van der Waals surface area contributed by atoms with Gasteiger partial charge in [-0.05, 0) is 45.6 Å². The molecule has 4 rings (SSSR count). The van der Waals surface area contributed by atoms with Crippen LogP contribution < -0.4 is 16.4 Å². The fraction of sp³-hybridized carbons (Fsp3) is 0.310. The largest absolute Gasteiger partial charge is 0.243 e. The quantitative estimate of drug-likeness (QED) is 0.371. The Morgan fingerprint density at radius 2 is 1.00 bits per heavy atom. The average molecular weight is 392 g/mol. The first kappa shape index (κ1) is 20.7. The van der Waals surface area contributed by atoms with Crippen molar-refractivity contribution in [3.8, 4) is 0 Å². The molecule has 0 amide bonds. The highest BCUT2D eigenvalue weighted by molar-refractivity contribution is 6.97. The molecule has 0 nitrogen and oxygen atoms in total. The molecule has 0 spiro atoms. The van der Waals surface area contributed by atoms with E-state index < -0.39 is 0 Å². The molecule has 0 saturated heterocycles. The molecule has 0 atom stereocenters. The predicted molar refractivity (Wildman–Crippen MR) is 135 cm³/mol. The monoisotopic (exact) mass is 392 g/mol. The lowest BCUT2D eigenvalue weighted by molar-refractivity contribution is 0.812. The summed E-state index contributed by atoms with van der Waals surface area (Å²) in [6, 6.07) is 22.9. The topological polar surface area (TPSA) is 0 Å². The minimum absolute atomic E-state index is 0.253. The zero-order valence-corrected chi connectivity index (χ0v) is 19.2. The fourth-order valence-corrected chi connectivity index (χ4v) is 4.85. The van der Waals surface area contributed by atoms with Crippen molar-refractivity contribution in [3.63, 3.8) is 0 Å². The minimum atomic E-state index is 0.253. The number of fused-ring (bicyclic) bond motifs is 2. The Hall–Kier alpha value is -2.54. The molecule has 1 heterocycles. The zero-order valence-electron chi connectivity index (χ0n) is 19.2. The molecule has 0 saturated carbocycles. The first-order valence-electron chi connectivity index (χ1n) is 11.4. The van der Waals surface area contributed by atoms with Crippen LogP contribution in [0.15, 0.2) is 60.7 Å².